The number of aromatic nitrogens is 1. The number of nitrogens with zero attached hydrogens (tertiary/aromatic N) is 5. The number of amidine groups is 2. The smallest absolute Gasteiger partial charge is 0.358 e. The fourth-order valence-electron chi connectivity index (χ4n) is 2.42. The van der Waals surface area contributed by atoms with E-state index in [-0.39, 0.29) is 10.9 Å². The van der Waals surface area contributed by atoms with E-state index in [1.165, 1.54) is 12.1 Å². The van der Waals surface area contributed by atoms with Crippen LogP contribution in [-0.2, 0) is 6.54 Å². The lowest BCUT2D eigenvalue weighted by Gasteiger charge is -2.18. The third-order valence-corrected chi connectivity index (χ3v) is 4.19. The van der Waals surface area contributed by atoms with Gasteiger partial charge in [-0.25, -0.2) is 9.37 Å². The van der Waals surface area contributed by atoms with Crippen molar-refractivity contribution >= 4 is 40.6 Å². The van der Waals surface area contributed by atoms with Crippen LogP contribution in [0.2, 0.25) is 10.2 Å². The molecule has 2 heterocycles. The first-order valence-electron chi connectivity index (χ1n) is 7.77. The topological polar surface area (TPSA) is 96.0 Å². The van der Waals surface area contributed by atoms with Gasteiger partial charge in [0, 0.05) is 19.3 Å². The second-order valence-electron chi connectivity index (χ2n) is 5.55. The van der Waals surface area contributed by atoms with Crippen LogP contribution in [0.15, 0.2) is 46.6 Å². The molecule has 1 aliphatic rings. The predicted molar refractivity (Wildman–Crippen MR) is 101 cm³/mol. The van der Waals surface area contributed by atoms with Gasteiger partial charge in [-0.1, -0.05) is 29.3 Å². The summed E-state index contributed by atoms with van der Waals surface area (Å²) in [5.41, 5.74) is 3.66. The highest BCUT2D eigenvalue weighted by atomic mass is 35.5. The summed E-state index contributed by atoms with van der Waals surface area (Å²) in [6, 6.07) is 7.22. The Hall–Kier alpha value is -2.78. The molecule has 0 atom stereocenters. The molecule has 27 heavy (non-hydrogen) atoms. The van der Waals surface area contributed by atoms with Gasteiger partial charge in [0.15, 0.2) is 0 Å². The second kappa shape index (κ2) is 8.28. The summed E-state index contributed by atoms with van der Waals surface area (Å²) in [5, 5.41) is 15.6. The van der Waals surface area contributed by atoms with Gasteiger partial charge in [0.1, 0.15) is 11.0 Å². The van der Waals surface area contributed by atoms with Crippen LogP contribution in [0.5, 0.6) is 0 Å². The van der Waals surface area contributed by atoms with Gasteiger partial charge >= 0.3 is 5.84 Å². The fraction of sp³-hybridized carbons (Fsp3) is 0.188. The largest absolute Gasteiger partial charge is 0.430 e. The summed E-state index contributed by atoms with van der Waals surface area (Å²) in [6.07, 6.45) is 1.60. The molecule has 0 amide bonds. The molecule has 140 valence electrons. The quantitative estimate of drug-likeness (QED) is 0.267. The van der Waals surface area contributed by atoms with Gasteiger partial charge in [-0.3, -0.25) is 4.99 Å². The van der Waals surface area contributed by atoms with Crippen LogP contribution in [-0.4, -0.2) is 39.6 Å². The molecule has 3 rings (SSSR count). The van der Waals surface area contributed by atoms with Crippen molar-refractivity contribution in [1.29, 1.82) is 0 Å². The molecule has 0 radical (unpaired) electrons. The van der Waals surface area contributed by atoms with Crippen molar-refractivity contribution < 1.29 is 9.31 Å². The molecule has 1 aliphatic heterocycles. The van der Waals surface area contributed by atoms with Gasteiger partial charge in [-0.2, -0.15) is 5.43 Å². The molecule has 0 aliphatic carbocycles. The highest BCUT2D eigenvalue weighted by Gasteiger charge is 2.31. The summed E-state index contributed by atoms with van der Waals surface area (Å²) in [5.74, 6) is -0.894. The van der Waals surface area contributed by atoms with Gasteiger partial charge in [0.05, 0.1) is 22.4 Å². The Balaban J connectivity index is 1.79. The zero-order chi connectivity index (χ0) is 19.4. The first-order valence-corrected chi connectivity index (χ1v) is 8.53. The Kier molecular flexibility index (Phi) is 5.82. The number of hydrogen-bond donors (Lipinski definition) is 1. The zero-order valence-corrected chi connectivity index (χ0v) is 15.3. The number of benzene rings is 1. The van der Waals surface area contributed by atoms with E-state index in [2.05, 4.69) is 20.5 Å². The van der Waals surface area contributed by atoms with Gasteiger partial charge in [0.2, 0.25) is 5.84 Å². The van der Waals surface area contributed by atoms with Crippen LogP contribution in [0.3, 0.4) is 0 Å². The summed E-state index contributed by atoms with van der Waals surface area (Å²) in [4.78, 5) is 20.8. The van der Waals surface area contributed by atoms with Gasteiger partial charge in [-0.05, 0) is 34.8 Å². The highest BCUT2D eigenvalue weighted by Crippen LogP contribution is 2.19. The van der Waals surface area contributed by atoms with Gasteiger partial charge in [-0.15, -0.1) is 0 Å². The monoisotopic (exact) mass is 410 g/mol. The molecule has 1 aromatic carbocycles. The Labute approximate surface area is 163 Å². The first kappa shape index (κ1) is 19.0. The maximum Gasteiger partial charge on any atom is 0.430 e. The first-order chi connectivity index (χ1) is 12.9. The average molecular weight is 411 g/mol. The zero-order valence-electron chi connectivity index (χ0n) is 13.8. The van der Waals surface area contributed by atoms with E-state index in [0.29, 0.717) is 30.5 Å². The molecule has 1 aromatic heterocycles. The molecule has 1 N–H and O–H groups in total. The van der Waals surface area contributed by atoms with Crippen molar-refractivity contribution in [3.8, 4) is 0 Å². The summed E-state index contributed by atoms with van der Waals surface area (Å²) >= 11 is 11.5. The lowest BCUT2D eigenvalue weighted by Crippen LogP contribution is -2.37. The Morgan fingerprint density at radius 3 is 2.85 bits per heavy atom. The molecular weight excluding hydrogens is 398 g/mol. The van der Waals surface area contributed by atoms with Crippen LogP contribution in [0.4, 0.5) is 10.1 Å². The summed E-state index contributed by atoms with van der Waals surface area (Å²) in [7, 11) is 0. The molecule has 0 spiro atoms. The highest BCUT2D eigenvalue weighted by molar-refractivity contribution is 6.37. The maximum absolute atomic E-state index is 13.2. The third kappa shape index (κ3) is 4.69. The molecule has 11 heteroatoms. The van der Waals surface area contributed by atoms with Crippen LogP contribution in [0.25, 0.3) is 0 Å². The van der Waals surface area contributed by atoms with E-state index in [9.17, 15) is 14.5 Å². The van der Waals surface area contributed by atoms with E-state index in [0.717, 1.165) is 11.6 Å². The SMILES string of the molecule is O=[N+]([O-])/C(=N\Nc1ccc(F)c(Cl)c1)C1=NCCN1Cc1ccc(Cl)nc1. The van der Waals surface area contributed by atoms with Crippen molar-refractivity contribution in [2.24, 2.45) is 10.1 Å². The Morgan fingerprint density at radius 1 is 1.37 bits per heavy atom. The predicted octanol–water partition coefficient (Wildman–Crippen LogP) is 3.44. The normalized spacial score (nSPS) is 14.3. The standard InChI is InChI=1S/C16H13Cl2FN6O2/c17-12-7-11(2-3-13(12)19)22-23-16(25(26)27)15-20-5-6-24(15)9-10-1-4-14(18)21-8-10/h1-4,7-8,22H,5-6,9H2/b23-16-. The van der Waals surface area contributed by atoms with Crippen molar-refractivity contribution in [3.63, 3.8) is 0 Å². The number of anilines is 1. The van der Waals surface area contributed by atoms with Gasteiger partial charge < -0.3 is 15.0 Å². The van der Waals surface area contributed by atoms with Crippen molar-refractivity contribution in [3.05, 3.63) is 68.2 Å². The van der Waals surface area contributed by atoms with Crippen molar-refractivity contribution in [2.45, 2.75) is 6.54 Å². The summed E-state index contributed by atoms with van der Waals surface area (Å²) in [6.45, 7) is 1.29. The van der Waals surface area contributed by atoms with Crippen molar-refractivity contribution in [2.75, 3.05) is 18.5 Å². The van der Waals surface area contributed by atoms with E-state index in [4.69, 9.17) is 23.2 Å². The van der Waals surface area contributed by atoms with E-state index < -0.39 is 16.6 Å². The third-order valence-electron chi connectivity index (χ3n) is 3.68. The number of hydrogen-bond acceptors (Lipinski definition) is 7. The average Bonchev–Trinajstić information content (AvgIpc) is 3.08. The molecule has 2 aromatic rings. The van der Waals surface area contributed by atoms with Crippen LogP contribution in [0, 0.1) is 15.9 Å². The molecule has 0 fully saturated rings. The minimum atomic E-state index is -0.630. The maximum atomic E-state index is 13.2. The Bertz CT molecular complexity index is 920. The molecular formula is C16H13Cl2FN6O2. The minimum Gasteiger partial charge on any atom is -0.358 e. The number of rotatable bonds is 5. The second-order valence-corrected chi connectivity index (χ2v) is 6.34. The van der Waals surface area contributed by atoms with E-state index >= 15 is 0 Å². The molecule has 0 saturated carbocycles. The minimum absolute atomic E-state index is 0.118. The lowest BCUT2D eigenvalue weighted by atomic mass is 10.2. The van der Waals surface area contributed by atoms with E-state index in [1.54, 1.807) is 23.2 Å². The van der Waals surface area contributed by atoms with Crippen LogP contribution in [0.1, 0.15) is 5.56 Å². The van der Waals surface area contributed by atoms with Crippen LogP contribution >= 0.6 is 23.2 Å². The Morgan fingerprint density at radius 2 is 2.19 bits per heavy atom. The number of aliphatic imine (C=N–C) groups is 1. The lowest BCUT2D eigenvalue weighted by molar-refractivity contribution is -0.346. The van der Waals surface area contributed by atoms with E-state index in [1.807, 2.05) is 0 Å². The van der Waals surface area contributed by atoms with Crippen molar-refractivity contribution in [1.82, 2.24) is 9.88 Å². The molecule has 8 nitrogen and oxygen atoms in total. The number of nitrogens with one attached hydrogen (secondary N) is 1. The number of halogens is 3. The van der Waals surface area contributed by atoms with Gasteiger partial charge in [0.25, 0.3) is 0 Å². The number of nitro groups is 1. The number of hydrazone groups is 1. The molecule has 0 bridgehead atoms. The molecule has 0 unspecified atom stereocenters. The molecule has 0 saturated heterocycles. The number of pyridine rings is 1. The van der Waals surface area contributed by atoms with Crippen LogP contribution < -0.4 is 5.43 Å². The fourth-order valence-corrected chi connectivity index (χ4v) is 2.72. The summed E-state index contributed by atoms with van der Waals surface area (Å²) < 4.78 is 13.2.